The van der Waals surface area contributed by atoms with Crippen LogP contribution in [0.3, 0.4) is 0 Å². The van der Waals surface area contributed by atoms with E-state index in [9.17, 15) is 0 Å². The van der Waals surface area contributed by atoms with Gasteiger partial charge >= 0.3 is 357 Å². The Hall–Kier alpha value is 12.2. The van der Waals surface area contributed by atoms with Crippen molar-refractivity contribution in [3.05, 3.63) is 16.8 Å². The molecule has 1 aliphatic heterocycles. The third kappa shape index (κ3) is 8.50. The Morgan fingerprint density at radius 1 is 0.848 bits per heavy atom. The van der Waals surface area contributed by atoms with Gasteiger partial charge < -0.3 is 0 Å². The number of alkyl halides is 4. The van der Waals surface area contributed by atoms with E-state index in [0.717, 1.165) is 0 Å². The number of nitrogens with one attached hydrogen (secondary N) is 1. The average Bonchev–Trinajstić information content (AvgIpc) is 2.99. The molecule has 0 fully saturated rings. The predicted molar refractivity (Wildman–Crippen MR) is 284 cm³/mol. The van der Waals surface area contributed by atoms with Gasteiger partial charge in [-0.05, 0) is 0 Å². The molecule has 2 heterocycles. The molecule has 208 valence electrons. The van der Waals surface area contributed by atoms with Crippen LogP contribution in [0.15, 0.2) is 0 Å². The molecular formula is C12H17I18N3-2. The normalized spacial score (nSPS) is 25.9. The Balaban J connectivity index is 3.26. The van der Waals surface area contributed by atoms with Crippen LogP contribution in [0, 0.1) is 20.8 Å². The van der Waals surface area contributed by atoms with Crippen LogP contribution in [-0.2, 0) is 1.55 Å². The van der Waals surface area contributed by atoms with Crippen molar-refractivity contribution in [2.24, 2.45) is 0 Å². The Morgan fingerprint density at radius 2 is 1.39 bits per heavy atom. The molecule has 1 aliphatic rings. The second kappa shape index (κ2) is 18.8. The average molecular weight is 2490 g/mol. The van der Waals surface area contributed by atoms with Crippen LogP contribution in [0.5, 0.6) is 0 Å². The van der Waals surface area contributed by atoms with Gasteiger partial charge in [0.2, 0.25) is 0 Å². The van der Waals surface area contributed by atoms with E-state index in [4.69, 9.17) is 0 Å². The van der Waals surface area contributed by atoms with Crippen LogP contribution >= 0.6 is 249 Å². The summed E-state index contributed by atoms with van der Waals surface area (Å²) in [5.41, 5.74) is 9.36. The molecule has 0 spiro atoms. The van der Waals surface area contributed by atoms with Crippen LogP contribution in [0.2, 0.25) is 0 Å². The minimum atomic E-state index is -1.31. The number of nitrogens with zero attached hydrogens (tertiary/aromatic N) is 2. The van der Waals surface area contributed by atoms with Gasteiger partial charge in [-0.15, -0.1) is 0 Å². The molecule has 3 nitrogen and oxygen atoms in total. The Labute approximate surface area is 343 Å². The second-order valence-electron chi connectivity index (χ2n) is 6.40. The van der Waals surface area contributed by atoms with Crippen LogP contribution in [0.1, 0.15) is 30.7 Å². The minimum absolute atomic E-state index is 0.259. The molecule has 0 amide bonds. The van der Waals surface area contributed by atoms with E-state index in [1.54, 1.807) is 22.6 Å². The van der Waals surface area contributed by atoms with Crippen molar-refractivity contribution in [1.82, 2.24) is 9.99 Å². The van der Waals surface area contributed by atoms with Crippen molar-refractivity contribution in [3.8, 4) is 0 Å². The van der Waals surface area contributed by atoms with Gasteiger partial charge in [-0.25, -0.2) is 0 Å². The number of anilines is 1. The first-order valence-corrected chi connectivity index (χ1v) is 100. The van der Waals surface area contributed by atoms with E-state index < -0.39 is 63.3 Å². The SMILES string of the molecule is Cc1c(C)c2n(c1C)C(I(I)I(I)I)(I(I)I(I)[I-]I)C(I(I)I)(I(I)[I-]I)NN2C(C)C. The molecule has 0 saturated heterocycles. The zero-order chi connectivity index (χ0) is 25.6. The van der Waals surface area contributed by atoms with Gasteiger partial charge in [-0.1, -0.05) is 0 Å². The van der Waals surface area contributed by atoms with Crippen molar-refractivity contribution in [3.63, 3.8) is 0 Å². The summed E-state index contributed by atoms with van der Waals surface area (Å²) >= 11 is 26.0. The number of hydrogen-bond donors (Lipinski definition) is 1. The number of fused-ring (bicyclic) bond motifs is 1. The summed E-state index contributed by atoms with van der Waals surface area (Å²) in [6.45, 7) is 12.2. The summed E-state index contributed by atoms with van der Waals surface area (Å²) in [7, 11) is -1.90. The van der Waals surface area contributed by atoms with Crippen molar-refractivity contribution in [2.75, 3.05) is 5.01 Å². The Kier molecular flexibility index (Phi) is 23.6. The molecule has 33 heavy (non-hydrogen) atoms. The van der Waals surface area contributed by atoms with Crippen LogP contribution < -0.4 is 36.9 Å². The molecule has 0 bridgehead atoms. The zero-order valence-corrected chi connectivity index (χ0v) is 55.6. The van der Waals surface area contributed by atoms with Crippen molar-refractivity contribution in [1.29, 1.82) is 0 Å². The molecule has 0 radical (unpaired) electrons. The van der Waals surface area contributed by atoms with Crippen LogP contribution in [0.25, 0.3) is 0 Å². The van der Waals surface area contributed by atoms with Gasteiger partial charge in [0.15, 0.2) is 0 Å². The van der Waals surface area contributed by atoms with E-state index in [1.165, 1.54) is 0 Å². The summed E-state index contributed by atoms with van der Waals surface area (Å²) in [6, 6.07) is 0.484. The zero-order valence-electron chi connectivity index (χ0n) is 16.8. The van der Waals surface area contributed by atoms with E-state index in [2.05, 4.69) is 236 Å². The second-order valence-corrected chi connectivity index (χ2v) is 237. The number of halogens is 18. The van der Waals surface area contributed by atoms with Gasteiger partial charge in [0.1, 0.15) is 0 Å². The molecular weight excluding hydrogens is 2470 g/mol. The molecule has 0 aromatic carbocycles. The molecule has 1 N–H and O–H groups in total. The van der Waals surface area contributed by atoms with Gasteiger partial charge in [-0.3, -0.25) is 0 Å². The molecule has 2 rings (SSSR count). The topological polar surface area (TPSA) is 20.2 Å². The van der Waals surface area contributed by atoms with E-state index in [0.29, 0.717) is 22.4 Å². The fourth-order valence-electron chi connectivity index (χ4n) is 3.17. The standard InChI is InChI=1S/C12H17I18N3/c1-6(2)33-10-8(4)7(3)9(5)32(10)12(27(18)29(20)21,28(19)30(22)24-14)11(31-33,25(15)16)26(17)23-13/h6,31H,1-5H3/q-2. The fourth-order valence-corrected chi connectivity index (χ4v) is 518. The van der Waals surface area contributed by atoms with Crippen molar-refractivity contribution in [2.45, 2.75) is 43.8 Å². The molecule has 0 saturated carbocycles. The first-order chi connectivity index (χ1) is 15.2. The van der Waals surface area contributed by atoms with Crippen molar-refractivity contribution < 1.29 is 26.5 Å². The van der Waals surface area contributed by atoms with E-state index >= 15 is 0 Å². The maximum absolute atomic E-state index is 4.61. The van der Waals surface area contributed by atoms with Crippen LogP contribution in [-0.4, -0.2) is 12.2 Å². The quantitative estimate of drug-likeness (QED) is 0.151. The fraction of sp³-hybridized carbons (Fsp3) is 0.667. The molecule has 2 atom stereocenters. The van der Waals surface area contributed by atoms with E-state index in [1.807, 2.05) is 0 Å². The van der Waals surface area contributed by atoms with E-state index in [-0.39, 0.29) is 13.3 Å². The molecule has 1 aromatic heterocycles. The van der Waals surface area contributed by atoms with Gasteiger partial charge in [0, 0.05) is 0 Å². The molecule has 21 heteroatoms. The summed E-state index contributed by atoms with van der Waals surface area (Å²) in [4.78, 5) is 0. The Bertz CT molecular complexity index is 833. The third-order valence-electron chi connectivity index (χ3n) is 4.70. The molecule has 2 unspecified atom stereocenters. The first kappa shape index (κ1) is 41.4. The van der Waals surface area contributed by atoms with Gasteiger partial charge in [0.05, 0.1) is 0 Å². The Morgan fingerprint density at radius 3 is 1.79 bits per heavy atom. The predicted octanol–water partition coefficient (Wildman–Crippen LogP) is 9.79. The number of rotatable bonds is 9. The van der Waals surface area contributed by atoms with Gasteiger partial charge in [-0.2, -0.15) is 0 Å². The number of hydrazine groups is 1. The van der Waals surface area contributed by atoms with Crippen LogP contribution in [0.4, 0.5) is 5.82 Å². The van der Waals surface area contributed by atoms with Crippen molar-refractivity contribution >= 4 is 255 Å². The summed E-state index contributed by atoms with van der Waals surface area (Å²) in [5.74, 6) is 1.57. The maximum atomic E-state index is 4.61. The monoisotopic (exact) mass is 2490 g/mol. The molecule has 0 aliphatic carbocycles. The van der Waals surface area contributed by atoms with Gasteiger partial charge in [0.25, 0.3) is 0 Å². The first-order valence-electron chi connectivity index (χ1n) is 8.04. The summed E-state index contributed by atoms with van der Waals surface area (Å²) in [5, 5.41) is 2.69. The summed E-state index contributed by atoms with van der Waals surface area (Å²) < 4.78 is 4.14. The molecule has 1 aromatic rings. The third-order valence-corrected chi connectivity index (χ3v) is 433. The summed E-state index contributed by atoms with van der Waals surface area (Å²) in [6.07, 6.45) is 0. The number of hydrogen-bond acceptors (Lipinski definition) is 2. The number of aromatic nitrogens is 1.